The number of rotatable bonds is 3. The maximum Gasteiger partial charge on any atom is 0.261 e. The first-order chi connectivity index (χ1) is 9.93. The lowest BCUT2D eigenvalue weighted by Crippen LogP contribution is -2.16. The highest BCUT2D eigenvalue weighted by atomic mass is 79.9. The summed E-state index contributed by atoms with van der Waals surface area (Å²) in [6.45, 7) is 0. The molecule has 0 spiro atoms. The van der Waals surface area contributed by atoms with Crippen LogP contribution >= 0.6 is 27.5 Å². The number of anilines is 2. The quantitative estimate of drug-likeness (QED) is 0.797. The first kappa shape index (κ1) is 15.6. The van der Waals surface area contributed by atoms with Crippen LogP contribution in [0.25, 0.3) is 0 Å². The molecule has 2 aromatic rings. The van der Waals surface area contributed by atoms with Crippen molar-refractivity contribution in [3.05, 3.63) is 51.2 Å². The summed E-state index contributed by atoms with van der Waals surface area (Å²) < 4.78 is 18.6. The molecule has 2 aromatic carbocycles. The molecule has 0 saturated carbocycles. The Kier molecular flexibility index (Phi) is 4.69. The van der Waals surface area contributed by atoms with Crippen molar-refractivity contribution in [2.24, 2.45) is 0 Å². The molecule has 4 nitrogen and oxygen atoms in total. The van der Waals surface area contributed by atoms with Gasteiger partial charge in [0, 0.05) is 10.2 Å². The lowest BCUT2D eigenvalue weighted by Gasteiger charge is -2.13. The van der Waals surface area contributed by atoms with Gasteiger partial charge in [0.1, 0.15) is 17.1 Å². The average molecular weight is 374 g/mol. The number of ether oxygens (including phenoxy) is 1. The molecule has 0 aliphatic carbocycles. The molecule has 3 N–H and O–H groups in total. The number of halogens is 3. The highest BCUT2D eigenvalue weighted by molar-refractivity contribution is 9.10. The SMILES string of the molecule is COc1cccc(N)c1C(=O)Nc1c(Cl)cc(F)cc1Br. The van der Waals surface area contributed by atoms with E-state index in [1.807, 2.05) is 0 Å². The zero-order valence-electron chi connectivity index (χ0n) is 10.9. The second kappa shape index (κ2) is 6.32. The van der Waals surface area contributed by atoms with Gasteiger partial charge < -0.3 is 15.8 Å². The van der Waals surface area contributed by atoms with E-state index < -0.39 is 11.7 Å². The highest BCUT2D eigenvalue weighted by Crippen LogP contribution is 2.33. The van der Waals surface area contributed by atoms with Crippen LogP contribution < -0.4 is 15.8 Å². The number of carbonyl (C=O) groups excluding carboxylic acids is 1. The largest absolute Gasteiger partial charge is 0.496 e. The molecule has 0 atom stereocenters. The molecule has 1 amide bonds. The predicted molar refractivity (Wildman–Crippen MR) is 84.5 cm³/mol. The van der Waals surface area contributed by atoms with Crippen LogP contribution in [0.3, 0.4) is 0 Å². The van der Waals surface area contributed by atoms with Crippen LogP contribution in [0.2, 0.25) is 5.02 Å². The molecule has 0 fully saturated rings. The van der Waals surface area contributed by atoms with E-state index >= 15 is 0 Å². The van der Waals surface area contributed by atoms with E-state index in [2.05, 4.69) is 21.2 Å². The number of benzene rings is 2. The number of carbonyl (C=O) groups is 1. The Morgan fingerprint density at radius 2 is 2.14 bits per heavy atom. The molecule has 0 aromatic heterocycles. The van der Waals surface area contributed by atoms with Gasteiger partial charge in [-0.2, -0.15) is 0 Å². The summed E-state index contributed by atoms with van der Waals surface area (Å²) in [5.74, 6) is -0.678. The van der Waals surface area contributed by atoms with Crippen LogP contribution in [0.15, 0.2) is 34.8 Å². The van der Waals surface area contributed by atoms with Crippen LogP contribution in [0.1, 0.15) is 10.4 Å². The van der Waals surface area contributed by atoms with E-state index in [0.717, 1.165) is 6.07 Å². The molecule has 0 radical (unpaired) electrons. The fraction of sp³-hybridized carbons (Fsp3) is 0.0714. The number of nitrogens with one attached hydrogen (secondary N) is 1. The predicted octanol–water partition coefficient (Wildman–Crippen LogP) is 4.08. The molecular weight excluding hydrogens is 363 g/mol. The molecule has 7 heteroatoms. The summed E-state index contributed by atoms with van der Waals surface area (Å²) in [5.41, 5.74) is 6.52. The van der Waals surface area contributed by atoms with Crippen molar-refractivity contribution in [1.82, 2.24) is 0 Å². The van der Waals surface area contributed by atoms with E-state index in [1.165, 1.54) is 13.2 Å². The number of methoxy groups -OCH3 is 1. The van der Waals surface area contributed by atoms with Gasteiger partial charge in [0.2, 0.25) is 0 Å². The third-order valence-corrected chi connectivity index (χ3v) is 3.67. The third-order valence-electron chi connectivity index (χ3n) is 2.75. The van der Waals surface area contributed by atoms with Crippen molar-refractivity contribution in [2.75, 3.05) is 18.2 Å². The maximum atomic E-state index is 13.2. The van der Waals surface area contributed by atoms with Crippen molar-refractivity contribution in [3.63, 3.8) is 0 Å². The van der Waals surface area contributed by atoms with E-state index in [-0.39, 0.29) is 22.0 Å². The molecule has 0 saturated heterocycles. The minimum absolute atomic E-state index is 0.0729. The zero-order valence-corrected chi connectivity index (χ0v) is 13.3. The molecule has 0 aliphatic rings. The molecule has 110 valence electrons. The second-order valence-electron chi connectivity index (χ2n) is 4.12. The van der Waals surface area contributed by atoms with Crippen molar-refractivity contribution >= 4 is 44.8 Å². The molecule has 0 bridgehead atoms. The molecule has 2 rings (SSSR count). The fourth-order valence-electron chi connectivity index (χ4n) is 1.80. The van der Waals surface area contributed by atoms with E-state index in [0.29, 0.717) is 10.2 Å². The van der Waals surface area contributed by atoms with Crippen LogP contribution in [0.4, 0.5) is 15.8 Å². The van der Waals surface area contributed by atoms with E-state index in [9.17, 15) is 9.18 Å². The monoisotopic (exact) mass is 372 g/mol. The van der Waals surface area contributed by atoms with Crippen molar-refractivity contribution in [3.8, 4) is 5.75 Å². The Labute approximate surface area is 134 Å². The molecule has 0 heterocycles. The van der Waals surface area contributed by atoms with Gasteiger partial charge in [-0.3, -0.25) is 4.79 Å². The molecular formula is C14H11BrClFN2O2. The van der Waals surface area contributed by atoms with Crippen molar-refractivity contribution < 1.29 is 13.9 Å². The van der Waals surface area contributed by atoms with Gasteiger partial charge in [-0.05, 0) is 40.2 Å². The van der Waals surface area contributed by atoms with Gasteiger partial charge in [0.25, 0.3) is 5.91 Å². The van der Waals surface area contributed by atoms with E-state index in [1.54, 1.807) is 18.2 Å². The second-order valence-corrected chi connectivity index (χ2v) is 5.38. The van der Waals surface area contributed by atoms with Gasteiger partial charge in [-0.25, -0.2) is 4.39 Å². The van der Waals surface area contributed by atoms with Crippen LogP contribution in [0, 0.1) is 5.82 Å². The topological polar surface area (TPSA) is 64.3 Å². The number of hydrogen-bond acceptors (Lipinski definition) is 3. The number of amides is 1. The number of hydrogen-bond donors (Lipinski definition) is 2. The fourth-order valence-corrected chi connectivity index (χ4v) is 2.70. The Morgan fingerprint density at radius 1 is 1.43 bits per heavy atom. The van der Waals surface area contributed by atoms with E-state index in [4.69, 9.17) is 22.1 Å². The summed E-state index contributed by atoms with van der Waals surface area (Å²) in [5, 5.41) is 2.67. The Balaban J connectivity index is 2.40. The molecule has 21 heavy (non-hydrogen) atoms. The van der Waals surface area contributed by atoms with Gasteiger partial charge in [0.05, 0.1) is 17.8 Å². The lowest BCUT2D eigenvalue weighted by atomic mass is 10.1. The first-order valence-electron chi connectivity index (χ1n) is 5.82. The average Bonchev–Trinajstić information content (AvgIpc) is 2.42. The standard InChI is InChI=1S/C14H11BrClFN2O2/c1-21-11-4-2-3-10(18)12(11)14(20)19-13-8(15)5-7(17)6-9(13)16/h2-6H,18H2,1H3,(H,19,20). The highest BCUT2D eigenvalue weighted by Gasteiger charge is 2.18. The summed E-state index contributed by atoms with van der Waals surface area (Å²) in [4.78, 5) is 12.4. The van der Waals surface area contributed by atoms with Gasteiger partial charge in [-0.1, -0.05) is 17.7 Å². The molecule has 0 unspecified atom stereocenters. The van der Waals surface area contributed by atoms with Crippen molar-refractivity contribution in [1.29, 1.82) is 0 Å². The maximum absolute atomic E-state index is 13.2. The Hall–Kier alpha value is -1.79. The number of nitrogens with two attached hydrogens (primary N) is 1. The van der Waals surface area contributed by atoms with Gasteiger partial charge in [0.15, 0.2) is 0 Å². The summed E-state index contributed by atoms with van der Waals surface area (Å²) in [6.07, 6.45) is 0. The minimum atomic E-state index is -0.512. The Morgan fingerprint density at radius 3 is 2.76 bits per heavy atom. The number of nitrogen functional groups attached to an aromatic ring is 1. The van der Waals surface area contributed by atoms with Crippen LogP contribution in [-0.4, -0.2) is 13.0 Å². The summed E-state index contributed by atoms with van der Waals surface area (Å²) in [6, 6.07) is 7.18. The third kappa shape index (κ3) is 3.28. The zero-order chi connectivity index (χ0) is 15.6. The first-order valence-corrected chi connectivity index (χ1v) is 6.99. The molecule has 0 aliphatic heterocycles. The van der Waals surface area contributed by atoms with Crippen LogP contribution in [-0.2, 0) is 0 Å². The summed E-state index contributed by atoms with van der Waals surface area (Å²) in [7, 11) is 1.44. The smallest absolute Gasteiger partial charge is 0.261 e. The van der Waals surface area contributed by atoms with Gasteiger partial charge >= 0.3 is 0 Å². The van der Waals surface area contributed by atoms with Crippen molar-refractivity contribution in [2.45, 2.75) is 0 Å². The minimum Gasteiger partial charge on any atom is -0.496 e. The Bertz CT molecular complexity index is 686. The normalized spacial score (nSPS) is 10.3. The van der Waals surface area contributed by atoms with Crippen LogP contribution in [0.5, 0.6) is 5.75 Å². The van der Waals surface area contributed by atoms with Gasteiger partial charge in [-0.15, -0.1) is 0 Å². The lowest BCUT2D eigenvalue weighted by molar-refractivity contribution is 0.102. The summed E-state index contributed by atoms with van der Waals surface area (Å²) >= 11 is 9.08.